The Morgan fingerprint density at radius 1 is 1.33 bits per heavy atom. The van der Waals surface area contributed by atoms with Gasteiger partial charge in [0, 0.05) is 14.1 Å². The van der Waals surface area contributed by atoms with Gasteiger partial charge >= 0.3 is 5.69 Å². The van der Waals surface area contributed by atoms with E-state index in [1.807, 2.05) is 0 Å². The fourth-order valence-electron chi connectivity index (χ4n) is 1.50. The maximum absolute atomic E-state index is 11.7. The molecule has 0 atom stereocenters. The quantitative estimate of drug-likeness (QED) is 0.613. The molecule has 0 aliphatic heterocycles. The molecule has 0 aromatic carbocycles. The van der Waals surface area contributed by atoms with Gasteiger partial charge < -0.3 is 9.67 Å². The van der Waals surface area contributed by atoms with E-state index in [0.29, 0.717) is 0 Å². The Morgan fingerprint density at radius 3 is 2.60 bits per heavy atom. The van der Waals surface area contributed by atoms with Crippen molar-refractivity contribution in [3.63, 3.8) is 0 Å². The van der Waals surface area contributed by atoms with Crippen molar-refractivity contribution in [2.45, 2.75) is 6.73 Å². The van der Waals surface area contributed by atoms with E-state index in [1.54, 1.807) is 0 Å². The third-order valence-corrected chi connectivity index (χ3v) is 2.37. The fourth-order valence-corrected chi connectivity index (χ4v) is 1.50. The number of hydrogen-bond acceptors (Lipinski definition) is 4. The summed E-state index contributed by atoms with van der Waals surface area (Å²) in [6, 6.07) is 0. The van der Waals surface area contributed by atoms with Gasteiger partial charge in [0.25, 0.3) is 5.56 Å². The number of aromatic nitrogens is 4. The molecule has 0 radical (unpaired) electrons. The minimum Gasteiger partial charge on any atom is -0.376 e. The zero-order chi connectivity index (χ0) is 11.2. The highest BCUT2D eigenvalue weighted by molar-refractivity contribution is 5.69. The van der Waals surface area contributed by atoms with Crippen LogP contribution in [0, 0.1) is 0 Å². The minimum absolute atomic E-state index is 0.224. The van der Waals surface area contributed by atoms with E-state index >= 15 is 0 Å². The highest BCUT2D eigenvalue weighted by Crippen LogP contribution is 2.03. The van der Waals surface area contributed by atoms with Crippen molar-refractivity contribution in [3.05, 3.63) is 27.2 Å². The van der Waals surface area contributed by atoms with Gasteiger partial charge in [-0.15, -0.1) is 0 Å². The fraction of sp³-hybridized carbons (Fsp3) is 0.375. The Hall–Kier alpha value is -1.89. The van der Waals surface area contributed by atoms with E-state index in [0.717, 1.165) is 4.57 Å². The summed E-state index contributed by atoms with van der Waals surface area (Å²) < 4.78 is 3.54. The minimum atomic E-state index is -0.459. The van der Waals surface area contributed by atoms with Crippen LogP contribution in [0.25, 0.3) is 11.2 Å². The highest BCUT2D eigenvalue weighted by atomic mass is 16.3. The number of hydrogen-bond donors (Lipinski definition) is 1. The van der Waals surface area contributed by atoms with Gasteiger partial charge in [0.2, 0.25) is 0 Å². The molecule has 0 bridgehead atoms. The maximum atomic E-state index is 11.7. The van der Waals surface area contributed by atoms with E-state index in [1.165, 1.54) is 29.6 Å². The van der Waals surface area contributed by atoms with E-state index in [9.17, 15) is 9.59 Å². The number of imidazole rings is 1. The predicted molar refractivity (Wildman–Crippen MR) is 52.4 cm³/mol. The Morgan fingerprint density at radius 2 is 2.00 bits per heavy atom. The standard InChI is InChI=1S/C8H10N4O3/c1-10-6-5(12(4-13)3-9-6)7(14)11(2)8(10)15/h3,13H,4H2,1-2H3. The van der Waals surface area contributed by atoms with Crippen molar-refractivity contribution in [2.24, 2.45) is 14.1 Å². The van der Waals surface area contributed by atoms with Crippen LogP contribution >= 0.6 is 0 Å². The second-order valence-electron chi connectivity index (χ2n) is 3.23. The van der Waals surface area contributed by atoms with Crippen molar-refractivity contribution >= 4 is 11.2 Å². The molecule has 7 nitrogen and oxygen atoms in total. The molecule has 0 spiro atoms. The number of aliphatic hydroxyl groups is 1. The Bertz CT molecular complexity index is 634. The molecule has 80 valence electrons. The first-order chi connectivity index (χ1) is 7.07. The molecular weight excluding hydrogens is 200 g/mol. The lowest BCUT2D eigenvalue weighted by Crippen LogP contribution is -2.37. The monoisotopic (exact) mass is 210 g/mol. The topological polar surface area (TPSA) is 82.0 Å². The van der Waals surface area contributed by atoms with E-state index < -0.39 is 11.2 Å². The van der Waals surface area contributed by atoms with Gasteiger partial charge in [-0.3, -0.25) is 13.9 Å². The summed E-state index contributed by atoms with van der Waals surface area (Å²) in [5, 5.41) is 8.99. The van der Waals surface area contributed by atoms with Crippen LogP contribution < -0.4 is 11.2 Å². The normalized spacial score (nSPS) is 11.1. The van der Waals surface area contributed by atoms with Crippen LogP contribution in [0.5, 0.6) is 0 Å². The summed E-state index contributed by atoms with van der Waals surface area (Å²) in [7, 11) is 2.91. The molecule has 0 unspecified atom stereocenters. The molecule has 2 heterocycles. The third kappa shape index (κ3) is 1.13. The first-order valence-electron chi connectivity index (χ1n) is 4.29. The highest BCUT2D eigenvalue weighted by Gasteiger charge is 2.13. The lowest BCUT2D eigenvalue weighted by atomic mass is 10.5. The maximum Gasteiger partial charge on any atom is 0.332 e. The second kappa shape index (κ2) is 3.06. The molecule has 2 aromatic rings. The summed E-state index contributed by atoms with van der Waals surface area (Å²) in [5.41, 5.74) is -0.394. The summed E-state index contributed by atoms with van der Waals surface area (Å²) in [5.74, 6) is 0. The van der Waals surface area contributed by atoms with Crippen molar-refractivity contribution in [2.75, 3.05) is 0 Å². The molecular formula is C8H10N4O3. The summed E-state index contributed by atoms with van der Waals surface area (Å²) in [4.78, 5) is 27.1. The van der Waals surface area contributed by atoms with E-state index in [-0.39, 0.29) is 17.9 Å². The number of aryl methyl sites for hydroxylation is 1. The summed E-state index contributed by atoms with van der Waals surface area (Å²) in [6.07, 6.45) is 1.32. The SMILES string of the molecule is Cn1c(=O)c2c(ncn2CO)n(C)c1=O. The van der Waals surface area contributed by atoms with Gasteiger partial charge in [-0.05, 0) is 0 Å². The van der Waals surface area contributed by atoms with Crippen LogP contribution in [0.2, 0.25) is 0 Å². The third-order valence-electron chi connectivity index (χ3n) is 2.37. The van der Waals surface area contributed by atoms with Crippen LogP contribution in [0.1, 0.15) is 0 Å². The predicted octanol–water partition coefficient (Wildman–Crippen LogP) is -1.62. The zero-order valence-corrected chi connectivity index (χ0v) is 8.34. The van der Waals surface area contributed by atoms with Crippen LogP contribution in [0.15, 0.2) is 15.9 Å². The summed E-state index contributed by atoms with van der Waals surface area (Å²) >= 11 is 0. The first kappa shape index (κ1) is 9.66. The van der Waals surface area contributed by atoms with Crippen LogP contribution in [-0.2, 0) is 20.8 Å². The average molecular weight is 210 g/mol. The molecule has 0 saturated carbocycles. The number of fused-ring (bicyclic) bond motifs is 1. The molecule has 0 aliphatic carbocycles. The number of rotatable bonds is 1. The number of aliphatic hydroxyl groups excluding tert-OH is 1. The first-order valence-corrected chi connectivity index (χ1v) is 4.29. The van der Waals surface area contributed by atoms with Crippen molar-refractivity contribution < 1.29 is 5.11 Å². The molecule has 7 heteroatoms. The lowest BCUT2D eigenvalue weighted by molar-refractivity contribution is 0.214. The molecule has 0 amide bonds. The Balaban J connectivity index is 3.11. The Labute approximate surface area is 83.8 Å². The smallest absolute Gasteiger partial charge is 0.332 e. The second-order valence-corrected chi connectivity index (χ2v) is 3.23. The Kier molecular flexibility index (Phi) is 1.97. The lowest BCUT2D eigenvalue weighted by Gasteiger charge is -2.03. The molecule has 15 heavy (non-hydrogen) atoms. The molecule has 2 rings (SSSR count). The van der Waals surface area contributed by atoms with Gasteiger partial charge in [-0.25, -0.2) is 9.78 Å². The van der Waals surface area contributed by atoms with Gasteiger partial charge in [-0.1, -0.05) is 0 Å². The van der Waals surface area contributed by atoms with Crippen molar-refractivity contribution in [3.8, 4) is 0 Å². The van der Waals surface area contributed by atoms with E-state index in [4.69, 9.17) is 5.11 Å². The number of nitrogens with zero attached hydrogens (tertiary/aromatic N) is 4. The molecule has 0 saturated heterocycles. The zero-order valence-electron chi connectivity index (χ0n) is 8.34. The van der Waals surface area contributed by atoms with Crippen LogP contribution in [-0.4, -0.2) is 23.8 Å². The molecule has 0 aliphatic rings. The largest absolute Gasteiger partial charge is 0.376 e. The molecule has 0 fully saturated rings. The van der Waals surface area contributed by atoms with Crippen LogP contribution in [0.4, 0.5) is 0 Å². The summed E-state index contributed by atoms with van der Waals surface area (Å²) in [6.45, 7) is -0.343. The van der Waals surface area contributed by atoms with Gasteiger partial charge in [0.05, 0.1) is 6.33 Å². The van der Waals surface area contributed by atoms with Gasteiger partial charge in [-0.2, -0.15) is 0 Å². The van der Waals surface area contributed by atoms with Crippen molar-refractivity contribution in [1.82, 2.24) is 18.7 Å². The van der Waals surface area contributed by atoms with Crippen molar-refractivity contribution in [1.29, 1.82) is 0 Å². The van der Waals surface area contributed by atoms with Gasteiger partial charge in [0.1, 0.15) is 6.73 Å². The molecule has 2 aromatic heterocycles. The molecule has 1 N–H and O–H groups in total. The van der Waals surface area contributed by atoms with Crippen LogP contribution in [0.3, 0.4) is 0 Å². The van der Waals surface area contributed by atoms with E-state index in [2.05, 4.69) is 4.98 Å². The van der Waals surface area contributed by atoms with Gasteiger partial charge in [0.15, 0.2) is 11.2 Å². The average Bonchev–Trinajstić information content (AvgIpc) is 2.67.